The standard InChI is InChI=1S/C28H22ClNO6/c1-36-23(32)14-20(21-13-17-4-2-3-15-11-12-30(25(15)17)28(21)35)24-22(31)10-9-19(27(24)34)26(33)16-5-7-18(29)8-6-16/h2-10,13,20,31,34H,11-12,14H2,1H3. The highest BCUT2D eigenvalue weighted by atomic mass is 35.5. The number of aromatic hydroxyl groups is 2. The van der Waals surface area contributed by atoms with E-state index in [1.54, 1.807) is 22.8 Å². The van der Waals surface area contributed by atoms with Crippen LogP contribution >= 0.6 is 11.6 Å². The number of pyridine rings is 1. The highest BCUT2D eigenvalue weighted by molar-refractivity contribution is 6.30. The van der Waals surface area contributed by atoms with Crippen molar-refractivity contribution in [2.75, 3.05) is 7.11 Å². The van der Waals surface area contributed by atoms with Gasteiger partial charge in [0.25, 0.3) is 5.56 Å². The van der Waals surface area contributed by atoms with Gasteiger partial charge >= 0.3 is 5.97 Å². The van der Waals surface area contributed by atoms with E-state index in [4.69, 9.17) is 16.3 Å². The number of ether oxygens (including phenoxy) is 1. The largest absolute Gasteiger partial charge is 0.508 e. The van der Waals surface area contributed by atoms with Crippen LogP contribution in [0.5, 0.6) is 11.5 Å². The van der Waals surface area contributed by atoms with Crippen LogP contribution in [-0.4, -0.2) is 33.6 Å². The molecule has 3 aromatic carbocycles. The minimum atomic E-state index is -1.06. The topological polar surface area (TPSA) is 106 Å². The molecule has 2 N–H and O–H groups in total. The van der Waals surface area contributed by atoms with Crippen molar-refractivity contribution in [3.63, 3.8) is 0 Å². The van der Waals surface area contributed by atoms with Crippen molar-refractivity contribution in [1.82, 2.24) is 4.57 Å². The summed E-state index contributed by atoms with van der Waals surface area (Å²) in [4.78, 5) is 39.2. The Kier molecular flexibility index (Phi) is 6.02. The van der Waals surface area contributed by atoms with E-state index < -0.39 is 23.4 Å². The van der Waals surface area contributed by atoms with Crippen LogP contribution in [0.2, 0.25) is 5.02 Å². The number of nitrogens with zero attached hydrogens (tertiary/aromatic N) is 1. The maximum Gasteiger partial charge on any atom is 0.306 e. The second kappa shape index (κ2) is 9.17. The van der Waals surface area contributed by atoms with Crippen LogP contribution < -0.4 is 5.56 Å². The molecule has 8 heteroatoms. The number of halogens is 1. The minimum absolute atomic E-state index is 0.0762. The SMILES string of the molecule is COC(=O)CC(c1c(O)ccc(C(=O)c2ccc(Cl)cc2)c1O)c1cc2cccc3c2n(c1=O)CC3. The Morgan fingerprint density at radius 2 is 1.83 bits per heavy atom. The van der Waals surface area contributed by atoms with Crippen molar-refractivity contribution in [2.45, 2.75) is 25.3 Å². The summed E-state index contributed by atoms with van der Waals surface area (Å²) in [5, 5.41) is 23.3. The summed E-state index contributed by atoms with van der Waals surface area (Å²) in [6.07, 6.45) is 0.385. The van der Waals surface area contributed by atoms with Crippen molar-refractivity contribution in [1.29, 1.82) is 0 Å². The van der Waals surface area contributed by atoms with Crippen LogP contribution in [0.25, 0.3) is 10.9 Å². The van der Waals surface area contributed by atoms with Gasteiger partial charge in [-0.25, -0.2) is 0 Å². The number of phenolic OH excluding ortho intramolecular Hbond substituents is 2. The molecule has 36 heavy (non-hydrogen) atoms. The van der Waals surface area contributed by atoms with Crippen molar-refractivity contribution < 1.29 is 24.5 Å². The summed E-state index contributed by atoms with van der Waals surface area (Å²) >= 11 is 5.93. The molecule has 1 aromatic heterocycles. The van der Waals surface area contributed by atoms with E-state index in [1.807, 2.05) is 18.2 Å². The molecule has 1 atom stereocenters. The summed E-state index contributed by atoms with van der Waals surface area (Å²) in [7, 11) is 1.22. The van der Waals surface area contributed by atoms with E-state index in [0.717, 1.165) is 16.5 Å². The lowest BCUT2D eigenvalue weighted by molar-refractivity contribution is -0.140. The maximum absolute atomic E-state index is 13.6. The zero-order valence-electron chi connectivity index (χ0n) is 19.3. The van der Waals surface area contributed by atoms with Gasteiger partial charge in [-0.2, -0.15) is 0 Å². The number of phenols is 2. The van der Waals surface area contributed by atoms with Crippen molar-refractivity contribution in [2.24, 2.45) is 0 Å². The third-order valence-electron chi connectivity index (χ3n) is 6.70. The maximum atomic E-state index is 13.6. The van der Waals surface area contributed by atoms with Gasteiger partial charge < -0.3 is 19.5 Å². The van der Waals surface area contributed by atoms with Crippen LogP contribution in [0.15, 0.2) is 65.5 Å². The third-order valence-corrected chi connectivity index (χ3v) is 6.95. The van der Waals surface area contributed by atoms with Crippen LogP contribution in [0.3, 0.4) is 0 Å². The van der Waals surface area contributed by atoms with Gasteiger partial charge in [-0.15, -0.1) is 0 Å². The zero-order chi connectivity index (χ0) is 25.6. The van der Waals surface area contributed by atoms with E-state index in [2.05, 4.69) is 0 Å². The molecule has 182 valence electrons. The Bertz CT molecular complexity index is 1590. The van der Waals surface area contributed by atoms with Crippen LogP contribution in [0.4, 0.5) is 0 Å². The molecule has 4 aromatic rings. The average Bonchev–Trinajstić information content (AvgIpc) is 3.31. The molecule has 1 unspecified atom stereocenters. The van der Waals surface area contributed by atoms with Crippen LogP contribution in [0.1, 0.15) is 45.0 Å². The van der Waals surface area contributed by atoms with E-state index in [1.165, 1.54) is 31.4 Å². The molecular weight excluding hydrogens is 482 g/mol. The molecular formula is C28H22ClNO6. The lowest BCUT2D eigenvalue weighted by Crippen LogP contribution is -2.26. The Morgan fingerprint density at radius 1 is 1.08 bits per heavy atom. The van der Waals surface area contributed by atoms with Gasteiger partial charge in [-0.05, 0) is 59.8 Å². The molecule has 1 aliphatic rings. The second-order valence-electron chi connectivity index (χ2n) is 8.72. The van der Waals surface area contributed by atoms with Gasteiger partial charge in [-0.1, -0.05) is 29.8 Å². The molecule has 1 aliphatic heterocycles. The first-order valence-corrected chi connectivity index (χ1v) is 11.7. The number of hydrogen-bond donors (Lipinski definition) is 2. The second-order valence-corrected chi connectivity index (χ2v) is 9.16. The number of ketones is 1. The monoisotopic (exact) mass is 503 g/mol. The van der Waals surface area contributed by atoms with Crippen molar-refractivity contribution in [3.8, 4) is 11.5 Å². The molecule has 2 heterocycles. The third kappa shape index (κ3) is 3.91. The van der Waals surface area contributed by atoms with Crippen molar-refractivity contribution >= 4 is 34.3 Å². The fourth-order valence-electron chi connectivity index (χ4n) is 4.94. The lowest BCUT2D eigenvalue weighted by Gasteiger charge is -2.21. The number of esters is 1. The van der Waals surface area contributed by atoms with Gasteiger partial charge in [0.15, 0.2) is 5.78 Å². The van der Waals surface area contributed by atoms with E-state index in [9.17, 15) is 24.6 Å². The minimum Gasteiger partial charge on any atom is -0.508 e. The molecule has 5 rings (SSSR count). The highest BCUT2D eigenvalue weighted by Gasteiger charge is 2.31. The summed E-state index contributed by atoms with van der Waals surface area (Å²) in [6, 6.07) is 16.2. The molecule has 0 aliphatic carbocycles. The van der Waals surface area contributed by atoms with Gasteiger partial charge in [0, 0.05) is 34.2 Å². The number of aryl methyl sites for hydroxylation is 2. The number of carbonyl (C=O) groups excluding carboxylic acids is 2. The van der Waals surface area contributed by atoms with Crippen LogP contribution in [0, 0.1) is 0 Å². The molecule has 0 bridgehead atoms. The predicted octanol–water partition coefficient (Wildman–Crippen LogP) is 4.55. The summed E-state index contributed by atoms with van der Waals surface area (Å²) in [6.45, 7) is 0.487. The summed E-state index contributed by atoms with van der Waals surface area (Å²) in [5.74, 6) is -3.04. The molecule has 7 nitrogen and oxygen atoms in total. The smallest absolute Gasteiger partial charge is 0.306 e. The van der Waals surface area contributed by atoms with E-state index in [-0.39, 0.29) is 40.0 Å². The lowest BCUT2D eigenvalue weighted by atomic mass is 9.85. The number of para-hydroxylation sites is 1. The molecule has 0 saturated heterocycles. The Hall–Kier alpha value is -4.10. The fraction of sp³-hybridized carbons (Fsp3) is 0.179. The Labute approximate surface area is 211 Å². The van der Waals surface area contributed by atoms with E-state index in [0.29, 0.717) is 18.0 Å². The summed E-state index contributed by atoms with van der Waals surface area (Å²) in [5.41, 5.74) is 1.90. The first-order chi connectivity index (χ1) is 17.3. The van der Waals surface area contributed by atoms with Gasteiger partial charge in [0.1, 0.15) is 11.5 Å². The van der Waals surface area contributed by atoms with Crippen molar-refractivity contribution in [3.05, 3.63) is 104 Å². The number of carbonyl (C=O) groups is 2. The number of rotatable bonds is 6. The first-order valence-electron chi connectivity index (χ1n) is 11.4. The average molecular weight is 504 g/mol. The number of benzene rings is 3. The normalized spacial score (nSPS) is 13.1. The van der Waals surface area contributed by atoms with Gasteiger partial charge in [0.2, 0.25) is 0 Å². The fourth-order valence-corrected chi connectivity index (χ4v) is 5.06. The highest BCUT2D eigenvalue weighted by Crippen LogP contribution is 2.42. The quantitative estimate of drug-likeness (QED) is 0.295. The molecule has 0 saturated carbocycles. The first kappa shape index (κ1) is 23.6. The van der Waals surface area contributed by atoms with Gasteiger partial charge in [-0.3, -0.25) is 14.4 Å². The molecule has 0 amide bonds. The molecule has 0 fully saturated rings. The van der Waals surface area contributed by atoms with E-state index >= 15 is 0 Å². The summed E-state index contributed by atoms with van der Waals surface area (Å²) < 4.78 is 6.52. The zero-order valence-corrected chi connectivity index (χ0v) is 20.1. The van der Waals surface area contributed by atoms with Crippen LogP contribution in [-0.2, 0) is 22.5 Å². The molecule has 0 radical (unpaired) electrons. The molecule has 0 spiro atoms. The Balaban J connectivity index is 1.71. The van der Waals surface area contributed by atoms with Gasteiger partial charge in [0.05, 0.1) is 24.6 Å². The predicted molar refractivity (Wildman–Crippen MR) is 135 cm³/mol. The number of hydrogen-bond acceptors (Lipinski definition) is 6. The number of aromatic nitrogens is 1. The Morgan fingerprint density at radius 3 is 2.56 bits per heavy atom. The number of methoxy groups -OCH3 is 1.